The molecule has 2 N–H and O–H groups in total. The van der Waals surface area contributed by atoms with Crippen molar-refractivity contribution in [2.24, 2.45) is 5.92 Å². The van der Waals surface area contributed by atoms with Crippen LogP contribution in [0.15, 0.2) is 0 Å². The third-order valence-corrected chi connectivity index (χ3v) is 2.06. The number of amides is 1. The zero-order chi connectivity index (χ0) is 12.6. The molecule has 1 atom stereocenters. The maximum Gasteiger partial charge on any atom is 0.328 e. The quantitative estimate of drug-likeness (QED) is 0.617. The minimum Gasteiger partial charge on any atom is -0.467 e. The summed E-state index contributed by atoms with van der Waals surface area (Å²) in [4.78, 5) is 22.8. The Morgan fingerprint density at radius 2 is 1.94 bits per heavy atom. The van der Waals surface area contributed by atoms with Crippen molar-refractivity contribution in [3.8, 4) is 0 Å². The number of rotatable bonds is 7. The Labute approximate surface area is 96.9 Å². The van der Waals surface area contributed by atoms with Crippen LogP contribution in [0.1, 0.15) is 27.2 Å². The van der Waals surface area contributed by atoms with Crippen molar-refractivity contribution >= 4 is 11.9 Å². The number of carbonyl (C=O) groups is 2. The van der Waals surface area contributed by atoms with E-state index in [1.807, 2.05) is 20.8 Å². The smallest absolute Gasteiger partial charge is 0.328 e. The molecule has 0 aromatic carbocycles. The molecular weight excluding hydrogens is 208 g/mol. The fraction of sp³-hybridized carbons (Fsp3) is 0.818. The van der Waals surface area contributed by atoms with E-state index >= 15 is 0 Å². The second kappa shape index (κ2) is 8.10. The van der Waals surface area contributed by atoms with E-state index in [0.29, 0.717) is 12.3 Å². The third-order valence-electron chi connectivity index (χ3n) is 2.06. The molecule has 16 heavy (non-hydrogen) atoms. The minimum atomic E-state index is -0.545. The summed E-state index contributed by atoms with van der Waals surface area (Å²) in [5.41, 5.74) is 0. The Bertz CT molecular complexity index is 229. The van der Waals surface area contributed by atoms with Gasteiger partial charge in [-0.05, 0) is 18.9 Å². The van der Waals surface area contributed by atoms with E-state index < -0.39 is 12.0 Å². The average molecular weight is 230 g/mol. The Balaban J connectivity index is 4.19. The summed E-state index contributed by atoms with van der Waals surface area (Å²) < 4.78 is 4.64. The van der Waals surface area contributed by atoms with Gasteiger partial charge in [-0.25, -0.2) is 4.79 Å². The average Bonchev–Trinajstić information content (AvgIpc) is 2.23. The van der Waals surface area contributed by atoms with Crippen LogP contribution in [0.3, 0.4) is 0 Å². The first-order valence-electron chi connectivity index (χ1n) is 5.59. The highest BCUT2D eigenvalue weighted by Gasteiger charge is 2.21. The molecule has 0 radical (unpaired) electrons. The van der Waals surface area contributed by atoms with Gasteiger partial charge in [-0.1, -0.05) is 20.8 Å². The van der Waals surface area contributed by atoms with Crippen LogP contribution >= 0.6 is 0 Å². The molecule has 0 bridgehead atoms. The number of hydrogen-bond acceptors (Lipinski definition) is 4. The van der Waals surface area contributed by atoms with E-state index in [1.165, 1.54) is 7.11 Å². The molecule has 0 aliphatic heterocycles. The van der Waals surface area contributed by atoms with E-state index in [4.69, 9.17) is 0 Å². The molecule has 5 heteroatoms. The van der Waals surface area contributed by atoms with Crippen LogP contribution in [0.2, 0.25) is 0 Å². The first-order valence-corrected chi connectivity index (χ1v) is 5.59. The van der Waals surface area contributed by atoms with Crippen molar-refractivity contribution in [3.05, 3.63) is 0 Å². The summed E-state index contributed by atoms with van der Waals surface area (Å²) >= 11 is 0. The van der Waals surface area contributed by atoms with Gasteiger partial charge in [0.05, 0.1) is 13.7 Å². The maximum absolute atomic E-state index is 11.4. The minimum absolute atomic E-state index is 0.182. The van der Waals surface area contributed by atoms with Gasteiger partial charge >= 0.3 is 5.97 Å². The predicted octanol–water partition coefficient (Wildman–Crippen LogP) is 0.300. The fourth-order valence-corrected chi connectivity index (χ4v) is 1.31. The van der Waals surface area contributed by atoms with Crippen molar-refractivity contribution in [1.82, 2.24) is 10.6 Å². The molecule has 0 spiro atoms. The number of hydrogen-bond donors (Lipinski definition) is 2. The highest BCUT2D eigenvalue weighted by Crippen LogP contribution is 2.05. The van der Waals surface area contributed by atoms with Crippen molar-refractivity contribution < 1.29 is 14.3 Å². The summed E-state index contributed by atoms with van der Waals surface area (Å²) in [6.45, 7) is 6.85. The summed E-state index contributed by atoms with van der Waals surface area (Å²) in [5, 5.41) is 5.56. The number of ether oxygens (including phenoxy) is 1. The van der Waals surface area contributed by atoms with Gasteiger partial charge in [0.1, 0.15) is 6.04 Å². The number of esters is 1. The zero-order valence-corrected chi connectivity index (χ0v) is 10.5. The molecule has 0 saturated carbocycles. The molecule has 0 saturated heterocycles. The first kappa shape index (κ1) is 14.9. The lowest BCUT2D eigenvalue weighted by atomic mass is 10.0. The number of carbonyl (C=O) groups excluding carboxylic acids is 2. The Morgan fingerprint density at radius 1 is 1.31 bits per heavy atom. The van der Waals surface area contributed by atoms with Crippen LogP contribution in [0.5, 0.6) is 0 Å². The number of nitrogens with one attached hydrogen (secondary N) is 2. The lowest BCUT2D eigenvalue weighted by Crippen LogP contribution is -2.45. The highest BCUT2D eigenvalue weighted by molar-refractivity contribution is 5.85. The summed E-state index contributed by atoms with van der Waals surface area (Å²) in [6, 6.07) is -0.545. The molecule has 0 heterocycles. The van der Waals surface area contributed by atoms with Gasteiger partial charge in [0, 0.05) is 0 Å². The number of likely N-dealkylation sites (N-methyl/N-ethyl adjacent to an activating group) is 1. The highest BCUT2D eigenvalue weighted by atomic mass is 16.5. The van der Waals surface area contributed by atoms with Crippen LogP contribution < -0.4 is 10.6 Å². The molecule has 0 aliphatic carbocycles. The molecule has 94 valence electrons. The van der Waals surface area contributed by atoms with Gasteiger partial charge in [0.15, 0.2) is 0 Å². The van der Waals surface area contributed by atoms with Crippen molar-refractivity contribution in [2.75, 3.05) is 20.2 Å². The van der Waals surface area contributed by atoms with Crippen LogP contribution in [0, 0.1) is 5.92 Å². The molecule has 0 unspecified atom stereocenters. The Hall–Kier alpha value is -1.10. The predicted molar refractivity (Wildman–Crippen MR) is 61.9 cm³/mol. The van der Waals surface area contributed by atoms with E-state index in [0.717, 1.165) is 6.54 Å². The largest absolute Gasteiger partial charge is 0.467 e. The van der Waals surface area contributed by atoms with Crippen molar-refractivity contribution in [1.29, 1.82) is 0 Å². The van der Waals surface area contributed by atoms with Gasteiger partial charge in [0.25, 0.3) is 0 Å². The fourth-order valence-electron chi connectivity index (χ4n) is 1.31. The monoisotopic (exact) mass is 230 g/mol. The SMILES string of the molecule is CCNCC(=O)N[C@@H](CC(C)C)C(=O)OC. The summed E-state index contributed by atoms with van der Waals surface area (Å²) in [7, 11) is 1.33. The normalized spacial score (nSPS) is 12.3. The van der Waals surface area contributed by atoms with Gasteiger partial charge in [-0.15, -0.1) is 0 Å². The molecule has 5 nitrogen and oxygen atoms in total. The topological polar surface area (TPSA) is 67.4 Å². The van der Waals surface area contributed by atoms with E-state index in [-0.39, 0.29) is 12.5 Å². The first-order chi connectivity index (χ1) is 7.51. The number of methoxy groups -OCH3 is 1. The Morgan fingerprint density at radius 3 is 2.38 bits per heavy atom. The molecule has 0 rings (SSSR count). The van der Waals surface area contributed by atoms with Gasteiger partial charge in [0.2, 0.25) is 5.91 Å². The van der Waals surface area contributed by atoms with Gasteiger partial charge in [-0.3, -0.25) is 4.79 Å². The standard InChI is InChI=1S/C11H22N2O3/c1-5-12-7-10(14)13-9(6-8(2)3)11(15)16-4/h8-9,12H,5-7H2,1-4H3,(H,13,14)/t9-/m0/s1. The Kier molecular flexibility index (Phi) is 7.54. The van der Waals surface area contributed by atoms with Crippen LogP contribution in [-0.4, -0.2) is 38.1 Å². The van der Waals surface area contributed by atoms with E-state index in [2.05, 4.69) is 15.4 Å². The molecule has 0 aliphatic rings. The van der Waals surface area contributed by atoms with Crippen LogP contribution in [0.4, 0.5) is 0 Å². The van der Waals surface area contributed by atoms with Crippen molar-refractivity contribution in [2.45, 2.75) is 33.2 Å². The lowest BCUT2D eigenvalue weighted by molar-refractivity contribution is -0.145. The third kappa shape index (κ3) is 6.40. The van der Waals surface area contributed by atoms with Gasteiger partial charge < -0.3 is 15.4 Å². The second-order valence-electron chi connectivity index (χ2n) is 4.05. The van der Waals surface area contributed by atoms with Crippen LogP contribution in [0.25, 0.3) is 0 Å². The molecular formula is C11H22N2O3. The molecule has 0 aromatic rings. The van der Waals surface area contributed by atoms with Crippen molar-refractivity contribution in [3.63, 3.8) is 0 Å². The van der Waals surface area contributed by atoms with Crippen LogP contribution in [-0.2, 0) is 14.3 Å². The zero-order valence-electron chi connectivity index (χ0n) is 10.5. The van der Waals surface area contributed by atoms with Gasteiger partial charge in [-0.2, -0.15) is 0 Å². The van der Waals surface area contributed by atoms with E-state index in [9.17, 15) is 9.59 Å². The van der Waals surface area contributed by atoms with E-state index in [1.54, 1.807) is 0 Å². The molecule has 0 fully saturated rings. The molecule has 0 aromatic heterocycles. The summed E-state index contributed by atoms with van der Waals surface area (Å²) in [6.07, 6.45) is 0.588. The molecule has 1 amide bonds. The lowest BCUT2D eigenvalue weighted by Gasteiger charge is -2.18. The maximum atomic E-state index is 11.4. The second-order valence-corrected chi connectivity index (χ2v) is 4.05. The summed E-state index contributed by atoms with van der Waals surface area (Å²) in [5.74, 6) is -0.250.